The Hall–Kier alpha value is -0.997. The molecule has 14 heavy (non-hydrogen) atoms. The molecule has 0 saturated heterocycles. The van der Waals surface area contributed by atoms with E-state index in [1.54, 1.807) is 24.3 Å². The van der Waals surface area contributed by atoms with Crippen LogP contribution < -0.4 is 0 Å². The molecule has 5 nitrogen and oxygen atoms in total. The minimum atomic E-state index is -1.84. The average Bonchev–Trinajstić information content (AvgIpc) is 2.29. The first-order chi connectivity index (χ1) is 6.29. The summed E-state index contributed by atoms with van der Waals surface area (Å²) in [5.41, 5.74) is 0.600. The molecule has 0 atom stereocenters. The Morgan fingerprint density at radius 3 is 1.79 bits per heavy atom. The third-order valence-corrected chi connectivity index (χ3v) is 3.48. The van der Waals surface area contributed by atoms with Crippen LogP contribution in [0, 0.1) is 0 Å². The fourth-order valence-electron chi connectivity index (χ4n) is 1.02. The zero-order chi connectivity index (χ0) is 9.26. The molecule has 2 rings (SSSR count). The van der Waals surface area contributed by atoms with Crippen molar-refractivity contribution in [3.05, 3.63) is 35.4 Å². The van der Waals surface area contributed by atoms with Gasteiger partial charge in [0.2, 0.25) is 0 Å². The molecule has 0 amide bonds. The van der Waals surface area contributed by atoms with Crippen LogP contribution in [0.2, 0.25) is 0 Å². The number of fused-ring (bicyclic) bond motifs is 1. The van der Waals surface area contributed by atoms with E-state index in [1.807, 2.05) is 0 Å². The molecule has 0 aliphatic carbocycles. The van der Waals surface area contributed by atoms with Crippen molar-refractivity contribution in [2.24, 2.45) is 0 Å². The molecule has 1 aromatic rings. The van der Waals surface area contributed by atoms with E-state index in [0.29, 0.717) is 11.1 Å². The van der Waals surface area contributed by atoms with Gasteiger partial charge in [0.15, 0.2) is 0 Å². The molecule has 1 radical (unpaired) electrons. The van der Waals surface area contributed by atoms with E-state index >= 15 is 0 Å². The molecule has 0 bridgehead atoms. The molecular formula is C8H6BiO5. The normalized spacial score (nSPS) is 14.3. The summed E-state index contributed by atoms with van der Waals surface area (Å²) < 4.78 is 9.60. The number of benzene rings is 1. The Labute approximate surface area is 92.1 Å². The molecule has 1 aliphatic rings. The SMILES string of the molecule is O.O=C1[O][Bi][O]C(=O)c2ccccc21. The summed E-state index contributed by atoms with van der Waals surface area (Å²) in [6, 6.07) is 6.49. The first kappa shape index (κ1) is 11.1. The van der Waals surface area contributed by atoms with Gasteiger partial charge in [-0.3, -0.25) is 0 Å². The van der Waals surface area contributed by atoms with Gasteiger partial charge in [0, 0.05) is 0 Å². The van der Waals surface area contributed by atoms with E-state index in [4.69, 9.17) is 5.63 Å². The molecule has 0 saturated carbocycles. The second-order valence-corrected chi connectivity index (χ2v) is 4.38. The van der Waals surface area contributed by atoms with Crippen molar-refractivity contribution in [2.75, 3.05) is 0 Å². The second-order valence-electron chi connectivity index (χ2n) is 2.38. The van der Waals surface area contributed by atoms with Crippen LogP contribution in [0.3, 0.4) is 0 Å². The van der Waals surface area contributed by atoms with E-state index in [-0.39, 0.29) is 5.48 Å². The van der Waals surface area contributed by atoms with E-state index < -0.39 is 36.1 Å². The van der Waals surface area contributed by atoms with Gasteiger partial charge >= 0.3 is 86.7 Å². The first-order valence-corrected chi connectivity index (χ1v) is 6.35. The molecule has 1 heterocycles. The van der Waals surface area contributed by atoms with Crippen molar-refractivity contribution in [1.82, 2.24) is 0 Å². The topological polar surface area (TPSA) is 84.1 Å². The van der Waals surface area contributed by atoms with Crippen LogP contribution in [0.1, 0.15) is 20.7 Å². The van der Waals surface area contributed by atoms with Gasteiger partial charge in [-0.15, -0.1) is 0 Å². The third-order valence-electron chi connectivity index (χ3n) is 1.61. The summed E-state index contributed by atoms with van der Waals surface area (Å²) in [6.07, 6.45) is 0. The van der Waals surface area contributed by atoms with E-state index in [0.717, 1.165) is 0 Å². The van der Waals surface area contributed by atoms with Crippen molar-refractivity contribution in [3.63, 3.8) is 0 Å². The summed E-state index contributed by atoms with van der Waals surface area (Å²) in [4.78, 5) is 22.5. The molecule has 0 spiro atoms. The number of hydrogen-bond donors (Lipinski definition) is 0. The predicted molar refractivity (Wildman–Crippen MR) is 46.6 cm³/mol. The quantitative estimate of drug-likeness (QED) is 0.570. The number of carbonyl (C=O) groups excluding carboxylic acids is 2. The maximum absolute atomic E-state index is 11.2. The molecule has 0 aromatic heterocycles. The van der Waals surface area contributed by atoms with Crippen LogP contribution >= 0.6 is 0 Å². The van der Waals surface area contributed by atoms with Crippen LogP contribution in [0.25, 0.3) is 0 Å². The molecule has 1 aromatic carbocycles. The summed E-state index contributed by atoms with van der Waals surface area (Å²) in [7, 11) is 0. The Balaban J connectivity index is 0.000000980. The summed E-state index contributed by atoms with van der Waals surface area (Å²) >= 11 is -1.84. The summed E-state index contributed by atoms with van der Waals surface area (Å²) in [6.45, 7) is 0. The Bertz CT molecular complexity index is 341. The monoisotopic (exact) mass is 391 g/mol. The van der Waals surface area contributed by atoms with E-state index in [1.165, 1.54) is 0 Å². The van der Waals surface area contributed by atoms with Gasteiger partial charge in [-0.05, 0) is 0 Å². The van der Waals surface area contributed by atoms with Crippen molar-refractivity contribution in [1.29, 1.82) is 0 Å². The number of rotatable bonds is 0. The van der Waals surface area contributed by atoms with Gasteiger partial charge < -0.3 is 5.48 Å². The van der Waals surface area contributed by atoms with Crippen molar-refractivity contribution in [2.45, 2.75) is 0 Å². The average molecular weight is 391 g/mol. The summed E-state index contributed by atoms with van der Waals surface area (Å²) in [5.74, 6) is -0.892. The third kappa shape index (κ3) is 1.91. The van der Waals surface area contributed by atoms with Crippen molar-refractivity contribution >= 4 is 36.1 Å². The van der Waals surface area contributed by atoms with Crippen molar-refractivity contribution in [3.8, 4) is 0 Å². The van der Waals surface area contributed by atoms with Gasteiger partial charge in [0.1, 0.15) is 0 Å². The standard InChI is InChI=1S/C8H6O4.Bi.H2O/c9-7(10)5-3-1-2-4-6(5)8(11)12;;/h1-4H,(H,9,10)(H,11,12);;1H2/q;+2;/p-2. The van der Waals surface area contributed by atoms with Gasteiger partial charge in [0.05, 0.1) is 0 Å². The van der Waals surface area contributed by atoms with Crippen LogP contribution in [-0.4, -0.2) is 41.5 Å². The summed E-state index contributed by atoms with van der Waals surface area (Å²) in [5, 5.41) is 0. The molecule has 0 unspecified atom stereocenters. The first-order valence-electron chi connectivity index (χ1n) is 3.51. The van der Waals surface area contributed by atoms with Gasteiger partial charge in [0.25, 0.3) is 0 Å². The van der Waals surface area contributed by atoms with Crippen LogP contribution in [0.5, 0.6) is 0 Å². The Morgan fingerprint density at radius 1 is 0.929 bits per heavy atom. The molecule has 2 N–H and O–H groups in total. The van der Waals surface area contributed by atoms with E-state index in [9.17, 15) is 9.59 Å². The van der Waals surface area contributed by atoms with Gasteiger partial charge in [-0.2, -0.15) is 0 Å². The van der Waals surface area contributed by atoms with E-state index in [2.05, 4.69) is 0 Å². The van der Waals surface area contributed by atoms with Crippen LogP contribution in [0.4, 0.5) is 0 Å². The number of carbonyl (C=O) groups is 2. The number of hydrogen-bond acceptors (Lipinski definition) is 4. The molecule has 73 valence electrons. The van der Waals surface area contributed by atoms with Gasteiger partial charge in [-0.1, -0.05) is 0 Å². The molecule has 1 aliphatic heterocycles. The van der Waals surface area contributed by atoms with Crippen molar-refractivity contribution < 1.29 is 20.7 Å². The van der Waals surface area contributed by atoms with Crippen LogP contribution in [-0.2, 0) is 5.63 Å². The van der Waals surface area contributed by atoms with Crippen LogP contribution in [0.15, 0.2) is 24.3 Å². The Kier molecular flexibility index (Phi) is 3.55. The Morgan fingerprint density at radius 2 is 1.36 bits per heavy atom. The minimum absolute atomic E-state index is 0. The predicted octanol–water partition coefficient (Wildman–Crippen LogP) is -0.277. The van der Waals surface area contributed by atoms with Gasteiger partial charge in [-0.25, -0.2) is 0 Å². The zero-order valence-corrected chi connectivity index (χ0v) is 10.4. The fourth-order valence-corrected chi connectivity index (χ4v) is 2.46. The maximum atomic E-state index is 11.2. The molecule has 6 heteroatoms. The zero-order valence-electron chi connectivity index (χ0n) is 6.89. The fraction of sp³-hybridized carbons (Fsp3) is 0. The second kappa shape index (κ2) is 4.48. The molecular weight excluding hydrogens is 385 g/mol. The molecule has 0 fully saturated rings.